The Labute approximate surface area is 150 Å². The van der Waals surface area contributed by atoms with E-state index in [1.807, 2.05) is 42.6 Å². The molecule has 0 spiro atoms. The van der Waals surface area contributed by atoms with Crippen LogP contribution in [-0.2, 0) is 0 Å². The summed E-state index contributed by atoms with van der Waals surface area (Å²) in [6.07, 6.45) is 2.06. The van der Waals surface area contributed by atoms with E-state index in [2.05, 4.69) is 15.2 Å². The molecule has 0 aliphatic carbocycles. The number of oxazole rings is 1. The number of thiophene rings is 1. The number of nitrogens with zero attached hydrogens (tertiary/aromatic N) is 2. The van der Waals surface area contributed by atoms with Gasteiger partial charge in [-0.2, -0.15) is 4.98 Å². The van der Waals surface area contributed by atoms with Crippen LogP contribution in [0.1, 0.15) is 28.1 Å². The zero-order chi connectivity index (χ0) is 17.2. The van der Waals surface area contributed by atoms with Crippen molar-refractivity contribution < 1.29 is 9.21 Å². The van der Waals surface area contributed by atoms with Gasteiger partial charge in [0.25, 0.3) is 11.9 Å². The molecule has 0 radical (unpaired) electrons. The number of para-hydroxylation sites is 2. The first-order valence-corrected chi connectivity index (χ1v) is 9.51. The number of amides is 1. The zero-order valence-corrected chi connectivity index (χ0v) is 15.0. The lowest BCUT2D eigenvalue weighted by Gasteiger charge is -2.30. The van der Waals surface area contributed by atoms with Gasteiger partial charge >= 0.3 is 0 Å². The van der Waals surface area contributed by atoms with Gasteiger partial charge in [0.2, 0.25) is 0 Å². The van der Waals surface area contributed by atoms with Crippen LogP contribution in [0.25, 0.3) is 11.1 Å². The van der Waals surface area contributed by atoms with E-state index in [0.717, 1.165) is 54.0 Å². The van der Waals surface area contributed by atoms with E-state index in [4.69, 9.17) is 4.42 Å². The third-order valence-corrected chi connectivity index (χ3v) is 5.72. The zero-order valence-electron chi connectivity index (χ0n) is 14.2. The Hall–Kier alpha value is -2.34. The fourth-order valence-electron chi connectivity index (χ4n) is 3.20. The van der Waals surface area contributed by atoms with Crippen LogP contribution in [0.3, 0.4) is 0 Å². The van der Waals surface area contributed by atoms with E-state index < -0.39 is 0 Å². The highest BCUT2D eigenvalue weighted by Gasteiger charge is 2.23. The highest BCUT2D eigenvalue weighted by atomic mass is 32.1. The number of piperidine rings is 1. The molecule has 1 aliphatic heterocycles. The van der Waals surface area contributed by atoms with Crippen molar-refractivity contribution >= 4 is 34.4 Å². The summed E-state index contributed by atoms with van der Waals surface area (Å²) in [4.78, 5) is 19.7. The molecular formula is C19H21N3O2S. The molecule has 0 bridgehead atoms. The Morgan fingerprint density at radius 3 is 2.88 bits per heavy atom. The second kappa shape index (κ2) is 6.88. The number of aryl methyl sites for hydroxylation is 1. The second-order valence-electron chi connectivity index (χ2n) is 6.59. The van der Waals surface area contributed by atoms with Crippen molar-refractivity contribution in [1.82, 2.24) is 10.3 Å². The van der Waals surface area contributed by atoms with E-state index in [1.165, 1.54) is 11.3 Å². The van der Waals surface area contributed by atoms with Gasteiger partial charge in [-0.25, -0.2) is 0 Å². The van der Waals surface area contributed by atoms with E-state index in [0.29, 0.717) is 11.9 Å². The number of benzene rings is 1. The lowest BCUT2D eigenvalue weighted by molar-refractivity contribution is 0.0949. The standard InChI is InChI=1S/C19H21N3O2S/c1-13-10-17(25-12-13)18(23)20-11-14-6-8-22(9-7-14)19-21-15-4-2-3-5-16(15)24-19/h2-5,10,12,14H,6-9,11H2,1H3,(H,20,23). The van der Waals surface area contributed by atoms with Crippen molar-refractivity contribution in [2.75, 3.05) is 24.5 Å². The van der Waals surface area contributed by atoms with Gasteiger partial charge in [-0.1, -0.05) is 12.1 Å². The van der Waals surface area contributed by atoms with Gasteiger partial charge in [-0.05, 0) is 54.8 Å². The number of hydrogen-bond acceptors (Lipinski definition) is 5. The van der Waals surface area contributed by atoms with Gasteiger partial charge in [0.05, 0.1) is 4.88 Å². The summed E-state index contributed by atoms with van der Waals surface area (Å²) < 4.78 is 5.85. The molecule has 3 heterocycles. The van der Waals surface area contributed by atoms with Crippen LogP contribution in [0.4, 0.5) is 6.01 Å². The Morgan fingerprint density at radius 2 is 2.16 bits per heavy atom. The first-order chi connectivity index (χ1) is 12.2. The van der Waals surface area contributed by atoms with E-state index in [-0.39, 0.29) is 5.91 Å². The van der Waals surface area contributed by atoms with E-state index >= 15 is 0 Å². The number of hydrogen-bond donors (Lipinski definition) is 1. The minimum atomic E-state index is 0.0412. The molecule has 4 rings (SSSR count). The molecule has 0 unspecified atom stereocenters. The Bertz CT molecular complexity index is 845. The fourth-order valence-corrected chi connectivity index (χ4v) is 4.01. The molecule has 2 aromatic heterocycles. The fraction of sp³-hybridized carbons (Fsp3) is 0.368. The van der Waals surface area contributed by atoms with Crippen molar-refractivity contribution in [2.45, 2.75) is 19.8 Å². The number of carbonyl (C=O) groups excluding carboxylic acids is 1. The number of fused-ring (bicyclic) bond motifs is 1. The number of carbonyl (C=O) groups is 1. The number of anilines is 1. The normalized spacial score (nSPS) is 15.6. The van der Waals surface area contributed by atoms with Crippen LogP contribution in [0, 0.1) is 12.8 Å². The third-order valence-electron chi connectivity index (χ3n) is 4.67. The summed E-state index contributed by atoms with van der Waals surface area (Å²) in [5.74, 6) is 0.546. The van der Waals surface area contributed by atoms with E-state index in [1.54, 1.807) is 0 Å². The molecule has 1 amide bonds. The quantitative estimate of drug-likeness (QED) is 0.772. The molecule has 1 aromatic carbocycles. The predicted octanol–water partition coefficient (Wildman–Crippen LogP) is 3.84. The first-order valence-electron chi connectivity index (χ1n) is 8.63. The SMILES string of the molecule is Cc1csc(C(=O)NCC2CCN(c3nc4ccccc4o3)CC2)c1. The van der Waals surface area contributed by atoms with Crippen LogP contribution >= 0.6 is 11.3 Å². The smallest absolute Gasteiger partial charge is 0.298 e. The largest absolute Gasteiger partial charge is 0.423 e. The number of rotatable bonds is 4. The lowest BCUT2D eigenvalue weighted by atomic mass is 9.97. The molecule has 1 aliphatic rings. The maximum absolute atomic E-state index is 12.1. The van der Waals surface area contributed by atoms with Crippen molar-refractivity contribution in [1.29, 1.82) is 0 Å². The van der Waals surface area contributed by atoms with Crippen LogP contribution < -0.4 is 10.2 Å². The predicted molar refractivity (Wildman–Crippen MR) is 100 cm³/mol. The third kappa shape index (κ3) is 3.54. The lowest BCUT2D eigenvalue weighted by Crippen LogP contribution is -2.38. The summed E-state index contributed by atoms with van der Waals surface area (Å²) >= 11 is 1.50. The topological polar surface area (TPSA) is 58.4 Å². The molecule has 6 heteroatoms. The Kier molecular flexibility index (Phi) is 4.44. The van der Waals surface area contributed by atoms with Crippen molar-refractivity contribution in [3.8, 4) is 0 Å². The van der Waals surface area contributed by atoms with Crippen LogP contribution in [-0.4, -0.2) is 30.5 Å². The number of nitrogens with one attached hydrogen (secondary N) is 1. The minimum absolute atomic E-state index is 0.0412. The van der Waals surface area contributed by atoms with Gasteiger partial charge in [0, 0.05) is 19.6 Å². The molecule has 130 valence electrons. The average molecular weight is 355 g/mol. The van der Waals surface area contributed by atoms with Gasteiger partial charge in [0.15, 0.2) is 5.58 Å². The van der Waals surface area contributed by atoms with Crippen LogP contribution in [0.15, 0.2) is 40.1 Å². The molecule has 3 aromatic rings. The number of aromatic nitrogens is 1. The molecule has 0 atom stereocenters. The minimum Gasteiger partial charge on any atom is -0.423 e. The van der Waals surface area contributed by atoms with Crippen molar-refractivity contribution in [2.24, 2.45) is 5.92 Å². The molecule has 0 saturated carbocycles. The van der Waals surface area contributed by atoms with Gasteiger partial charge in [-0.3, -0.25) is 4.79 Å². The first kappa shape index (κ1) is 16.1. The monoisotopic (exact) mass is 355 g/mol. The maximum atomic E-state index is 12.1. The van der Waals surface area contributed by atoms with Crippen LogP contribution in [0.2, 0.25) is 0 Å². The highest BCUT2D eigenvalue weighted by molar-refractivity contribution is 7.12. The summed E-state index contributed by atoms with van der Waals surface area (Å²) in [5, 5.41) is 5.08. The van der Waals surface area contributed by atoms with Crippen molar-refractivity contribution in [3.63, 3.8) is 0 Å². The van der Waals surface area contributed by atoms with Crippen molar-refractivity contribution in [3.05, 3.63) is 46.2 Å². The Morgan fingerprint density at radius 1 is 1.36 bits per heavy atom. The second-order valence-corrected chi connectivity index (χ2v) is 7.50. The van der Waals surface area contributed by atoms with Crippen LogP contribution in [0.5, 0.6) is 0 Å². The van der Waals surface area contributed by atoms with E-state index in [9.17, 15) is 4.79 Å². The van der Waals surface area contributed by atoms with Gasteiger partial charge in [-0.15, -0.1) is 11.3 Å². The van der Waals surface area contributed by atoms with Gasteiger partial charge < -0.3 is 14.6 Å². The highest BCUT2D eigenvalue weighted by Crippen LogP contribution is 2.26. The molecule has 25 heavy (non-hydrogen) atoms. The molecule has 1 saturated heterocycles. The maximum Gasteiger partial charge on any atom is 0.298 e. The van der Waals surface area contributed by atoms with Gasteiger partial charge in [0.1, 0.15) is 5.52 Å². The summed E-state index contributed by atoms with van der Waals surface area (Å²) in [5.41, 5.74) is 2.87. The molecule has 5 nitrogen and oxygen atoms in total. The summed E-state index contributed by atoms with van der Waals surface area (Å²) in [6, 6.07) is 10.5. The molecular weight excluding hydrogens is 334 g/mol. The Balaban J connectivity index is 1.30. The summed E-state index contributed by atoms with van der Waals surface area (Å²) in [7, 11) is 0. The molecule has 1 N–H and O–H groups in total. The average Bonchev–Trinajstić information content (AvgIpc) is 3.26. The molecule has 1 fully saturated rings. The summed E-state index contributed by atoms with van der Waals surface area (Å²) in [6.45, 7) is 4.56.